The summed E-state index contributed by atoms with van der Waals surface area (Å²) in [5.41, 5.74) is 0.633. The van der Waals surface area contributed by atoms with Crippen LogP contribution in [0.5, 0.6) is 0 Å². The Bertz CT molecular complexity index is 896. The van der Waals surface area contributed by atoms with Crippen LogP contribution in [0.15, 0.2) is 48.5 Å². The molecule has 1 atom stereocenters. The van der Waals surface area contributed by atoms with E-state index in [1.807, 2.05) is 0 Å². The molecule has 25 heavy (non-hydrogen) atoms. The Balaban J connectivity index is 1.87. The summed E-state index contributed by atoms with van der Waals surface area (Å²) in [4.78, 5) is 41.4. The molecule has 2 aliphatic heterocycles. The smallest absolute Gasteiger partial charge is 0.265 e. The summed E-state index contributed by atoms with van der Waals surface area (Å²) < 4.78 is 13.5. The molecule has 0 N–H and O–H groups in total. The Morgan fingerprint density at radius 3 is 2.68 bits per heavy atom. The number of anilines is 1. The summed E-state index contributed by atoms with van der Waals surface area (Å²) in [6.45, 7) is 0.492. The van der Waals surface area contributed by atoms with Crippen LogP contribution in [-0.4, -0.2) is 35.2 Å². The van der Waals surface area contributed by atoms with E-state index in [9.17, 15) is 18.8 Å². The molecule has 126 valence electrons. The van der Waals surface area contributed by atoms with Gasteiger partial charge in [-0.05, 0) is 43.2 Å². The van der Waals surface area contributed by atoms with Gasteiger partial charge in [-0.1, -0.05) is 18.2 Å². The zero-order valence-corrected chi connectivity index (χ0v) is 13.3. The fourth-order valence-corrected chi connectivity index (χ4v) is 3.50. The second-order valence-corrected chi connectivity index (χ2v) is 6.16. The van der Waals surface area contributed by atoms with Gasteiger partial charge in [-0.3, -0.25) is 14.4 Å². The SMILES string of the molecule is O=C(c1cccc(F)c1)N1C(=O)[C@H]2CCCN2C(=O)c2ccccc21. The van der Waals surface area contributed by atoms with Crippen LogP contribution >= 0.6 is 0 Å². The van der Waals surface area contributed by atoms with Gasteiger partial charge in [0, 0.05) is 12.1 Å². The van der Waals surface area contributed by atoms with Gasteiger partial charge < -0.3 is 4.90 Å². The van der Waals surface area contributed by atoms with Gasteiger partial charge in [0.1, 0.15) is 11.9 Å². The molecular formula is C19H15FN2O3. The number of carbonyl (C=O) groups is 3. The highest BCUT2D eigenvalue weighted by Crippen LogP contribution is 2.33. The summed E-state index contributed by atoms with van der Waals surface area (Å²) in [6.07, 6.45) is 1.23. The van der Waals surface area contributed by atoms with Crippen LogP contribution in [0.4, 0.5) is 10.1 Å². The molecule has 0 unspecified atom stereocenters. The second kappa shape index (κ2) is 5.81. The van der Waals surface area contributed by atoms with Crippen molar-refractivity contribution in [1.29, 1.82) is 0 Å². The summed E-state index contributed by atoms with van der Waals surface area (Å²) in [5, 5.41) is 0. The molecule has 1 fully saturated rings. The van der Waals surface area contributed by atoms with E-state index in [-0.39, 0.29) is 17.2 Å². The largest absolute Gasteiger partial charge is 0.327 e. The van der Waals surface area contributed by atoms with Crippen molar-refractivity contribution in [3.8, 4) is 0 Å². The molecule has 2 aromatic carbocycles. The van der Waals surface area contributed by atoms with Gasteiger partial charge in [-0.25, -0.2) is 9.29 Å². The van der Waals surface area contributed by atoms with Gasteiger partial charge in [0.25, 0.3) is 17.7 Å². The van der Waals surface area contributed by atoms with Crippen molar-refractivity contribution >= 4 is 23.4 Å². The number of hydrogen-bond donors (Lipinski definition) is 0. The maximum absolute atomic E-state index is 13.5. The third-order valence-electron chi connectivity index (χ3n) is 4.67. The molecule has 0 radical (unpaired) electrons. The Morgan fingerprint density at radius 2 is 1.88 bits per heavy atom. The predicted molar refractivity (Wildman–Crippen MR) is 88.7 cm³/mol. The third-order valence-corrected chi connectivity index (χ3v) is 4.67. The molecule has 0 saturated carbocycles. The minimum absolute atomic E-state index is 0.0713. The number of carbonyl (C=O) groups excluding carboxylic acids is 3. The fourth-order valence-electron chi connectivity index (χ4n) is 3.50. The minimum atomic E-state index is -0.655. The Hall–Kier alpha value is -3.02. The van der Waals surface area contributed by atoms with Crippen molar-refractivity contribution in [3.05, 3.63) is 65.5 Å². The maximum atomic E-state index is 13.5. The number of rotatable bonds is 1. The molecule has 6 heteroatoms. The topological polar surface area (TPSA) is 57.7 Å². The second-order valence-electron chi connectivity index (χ2n) is 6.16. The first-order valence-corrected chi connectivity index (χ1v) is 8.12. The van der Waals surface area contributed by atoms with Crippen LogP contribution in [-0.2, 0) is 4.79 Å². The van der Waals surface area contributed by atoms with Crippen LogP contribution in [0, 0.1) is 5.82 Å². The van der Waals surface area contributed by atoms with Crippen LogP contribution in [0.3, 0.4) is 0 Å². The van der Waals surface area contributed by atoms with E-state index in [1.54, 1.807) is 24.3 Å². The van der Waals surface area contributed by atoms with Crippen molar-refractivity contribution in [3.63, 3.8) is 0 Å². The Morgan fingerprint density at radius 1 is 1.08 bits per heavy atom. The molecular weight excluding hydrogens is 323 g/mol. The number of para-hydroxylation sites is 1. The van der Waals surface area contributed by atoms with Crippen LogP contribution in [0.25, 0.3) is 0 Å². The molecule has 1 saturated heterocycles. The monoisotopic (exact) mass is 338 g/mol. The number of halogens is 1. The van der Waals surface area contributed by atoms with Crippen molar-refractivity contribution in [2.45, 2.75) is 18.9 Å². The quantitative estimate of drug-likeness (QED) is 0.751. The van der Waals surface area contributed by atoms with E-state index in [4.69, 9.17) is 0 Å². The molecule has 4 rings (SSSR count). The third kappa shape index (κ3) is 2.41. The number of benzene rings is 2. The molecule has 3 amide bonds. The predicted octanol–water partition coefficient (Wildman–Crippen LogP) is 2.62. The molecule has 0 spiro atoms. The number of nitrogens with zero attached hydrogens (tertiary/aromatic N) is 2. The number of imide groups is 1. The van der Waals surface area contributed by atoms with E-state index in [1.165, 1.54) is 23.1 Å². The molecule has 2 aromatic rings. The average Bonchev–Trinajstić information content (AvgIpc) is 3.08. The highest BCUT2D eigenvalue weighted by Gasteiger charge is 2.44. The van der Waals surface area contributed by atoms with E-state index in [0.29, 0.717) is 24.9 Å². The van der Waals surface area contributed by atoms with Gasteiger partial charge in [-0.15, -0.1) is 0 Å². The lowest BCUT2D eigenvalue weighted by molar-refractivity contribution is -0.121. The van der Waals surface area contributed by atoms with Crippen molar-refractivity contribution in [2.24, 2.45) is 0 Å². The zero-order chi connectivity index (χ0) is 17.6. The van der Waals surface area contributed by atoms with E-state index in [0.717, 1.165) is 11.0 Å². The lowest BCUT2D eigenvalue weighted by Gasteiger charge is -2.24. The first-order valence-electron chi connectivity index (χ1n) is 8.12. The summed E-state index contributed by atoms with van der Waals surface area (Å²) in [6, 6.07) is 11.1. The summed E-state index contributed by atoms with van der Waals surface area (Å²) in [7, 11) is 0. The van der Waals surface area contributed by atoms with Gasteiger partial charge in [0.05, 0.1) is 11.3 Å². The summed E-state index contributed by atoms with van der Waals surface area (Å²) >= 11 is 0. The zero-order valence-electron chi connectivity index (χ0n) is 13.3. The standard InChI is InChI=1S/C19H15FN2O3/c20-13-6-3-5-12(11-13)17(23)22-15-8-2-1-7-14(15)18(24)21-10-4-9-16(21)19(22)25/h1-3,5-8,11,16H,4,9-10H2/t16-/m1/s1. The average molecular weight is 338 g/mol. The number of hydrogen-bond acceptors (Lipinski definition) is 3. The molecule has 0 aliphatic carbocycles. The minimum Gasteiger partial charge on any atom is -0.327 e. The fraction of sp³-hybridized carbons (Fsp3) is 0.211. The number of amides is 3. The van der Waals surface area contributed by atoms with Crippen molar-refractivity contribution in [2.75, 3.05) is 11.4 Å². The highest BCUT2D eigenvalue weighted by atomic mass is 19.1. The molecule has 0 aromatic heterocycles. The van der Waals surface area contributed by atoms with E-state index < -0.39 is 23.7 Å². The highest BCUT2D eigenvalue weighted by molar-refractivity contribution is 6.26. The Kier molecular flexibility index (Phi) is 3.60. The van der Waals surface area contributed by atoms with Crippen molar-refractivity contribution < 1.29 is 18.8 Å². The molecule has 5 nitrogen and oxygen atoms in total. The van der Waals surface area contributed by atoms with E-state index in [2.05, 4.69) is 0 Å². The van der Waals surface area contributed by atoms with Crippen molar-refractivity contribution in [1.82, 2.24) is 4.90 Å². The Labute approximate surface area is 143 Å². The first kappa shape index (κ1) is 15.5. The lowest BCUT2D eigenvalue weighted by Crippen LogP contribution is -2.47. The number of fused-ring (bicyclic) bond motifs is 2. The maximum Gasteiger partial charge on any atom is 0.265 e. The van der Waals surface area contributed by atoms with Gasteiger partial charge in [0.2, 0.25) is 0 Å². The van der Waals surface area contributed by atoms with Gasteiger partial charge >= 0.3 is 0 Å². The lowest BCUT2D eigenvalue weighted by atomic mass is 10.1. The molecule has 2 aliphatic rings. The van der Waals surface area contributed by atoms with Crippen LogP contribution in [0.1, 0.15) is 33.6 Å². The van der Waals surface area contributed by atoms with Crippen LogP contribution in [0.2, 0.25) is 0 Å². The summed E-state index contributed by atoms with van der Waals surface area (Å²) in [5.74, 6) is -1.87. The van der Waals surface area contributed by atoms with E-state index >= 15 is 0 Å². The van der Waals surface area contributed by atoms with Gasteiger partial charge in [0.15, 0.2) is 0 Å². The normalized spacial score (nSPS) is 19.5. The molecule has 0 bridgehead atoms. The molecule has 2 heterocycles. The van der Waals surface area contributed by atoms with Gasteiger partial charge in [-0.2, -0.15) is 0 Å². The van der Waals surface area contributed by atoms with Crippen LogP contribution < -0.4 is 4.90 Å². The first-order chi connectivity index (χ1) is 12.1.